The summed E-state index contributed by atoms with van der Waals surface area (Å²) in [4.78, 5) is 8.33. The number of nitrogens with zero attached hydrogens (tertiary/aromatic N) is 4. The maximum absolute atomic E-state index is 7.79. The van der Waals surface area contributed by atoms with E-state index in [1.807, 2.05) is 24.3 Å². The molecule has 2 aromatic heterocycles. The van der Waals surface area contributed by atoms with Crippen LogP contribution >= 0.6 is 0 Å². The van der Waals surface area contributed by atoms with Crippen LogP contribution in [-0.4, -0.2) is 29.4 Å². The highest BCUT2D eigenvalue weighted by molar-refractivity contribution is 5.97. The molecule has 0 bridgehead atoms. The highest BCUT2D eigenvalue weighted by atomic mass is 16.5. The van der Waals surface area contributed by atoms with Crippen molar-refractivity contribution in [3.05, 3.63) is 54.5 Å². The Balaban J connectivity index is 1.89. The van der Waals surface area contributed by atoms with Gasteiger partial charge in [0.25, 0.3) is 0 Å². The van der Waals surface area contributed by atoms with Gasteiger partial charge in [0.1, 0.15) is 11.4 Å². The molecule has 0 aliphatic heterocycles. The average molecular weight is 320 g/mol. The Kier molecular flexibility index (Phi) is 4.53. The van der Waals surface area contributed by atoms with Crippen molar-refractivity contribution in [2.45, 2.75) is 0 Å². The predicted molar refractivity (Wildman–Crippen MR) is 93.3 cm³/mol. The first kappa shape index (κ1) is 15.7. The molecular formula is C17H16N6O. The Morgan fingerprint density at radius 3 is 2.71 bits per heavy atom. The third-order valence-electron chi connectivity index (χ3n) is 3.41. The van der Waals surface area contributed by atoms with Crippen LogP contribution in [0.15, 0.2) is 59.0 Å². The van der Waals surface area contributed by atoms with Crippen molar-refractivity contribution in [3.63, 3.8) is 0 Å². The number of nitrogens with one attached hydrogen (secondary N) is 1. The number of nitrogen functional groups attached to an aromatic ring is 1. The molecule has 0 saturated heterocycles. The molecule has 0 aliphatic carbocycles. The van der Waals surface area contributed by atoms with Crippen LogP contribution in [-0.2, 0) is 4.74 Å². The van der Waals surface area contributed by atoms with Gasteiger partial charge in [-0.1, -0.05) is 24.3 Å². The Morgan fingerprint density at radius 2 is 1.96 bits per heavy atom. The van der Waals surface area contributed by atoms with Crippen molar-refractivity contribution in [3.8, 4) is 0 Å². The summed E-state index contributed by atoms with van der Waals surface area (Å²) >= 11 is 0. The molecule has 0 aliphatic rings. The third-order valence-corrected chi connectivity index (χ3v) is 3.41. The maximum atomic E-state index is 7.79. The molecule has 0 radical (unpaired) electrons. The zero-order valence-electron chi connectivity index (χ0n) is 13.1. The SMILES string of the molecule is COCC(=N)c1ccc(N=Nc2c(N)ncc3ccccc23)cn1. The summed E-state index contributed by atoms with van der Waals surface area (Å²) in [6.07, 6.45) is 3.26. The first-order chi connectivity index (χ1) is 11.7. The van der Waals surface area contributed by atoms with E-state index in [2.05, 4.69) is 20.2 Å². The fraction of sp³-hybridized carbons (Fsp3) is 0.118. The number of methoxy groups -OCH3 is 1. The van der Waals surface area contributed by atoms with Crippen molar-refractivity contribution in [2.24, 2.45) is 10.2 Å². The molecule has 7 nitrogen and oxygen atoms in total. The summed E-state index contributed by atoms with van der Waals surface area (Å²) in [5.41, 5.74) is 7.88. The smallest absolute Gasteiger partial charge is 0.151 e. The van der Waals surface area contributed by atoms with Crippen molar-refractivity contribution in [2.75, 3.05) is 19.5 Å². The van der Waals surface area contributed by atoms with Gasteiger partial charge in [0, 0.05) is 24.1 Å². The molecule has 0 saturated carbocycles. The van der Waals surface area contributed by atoms with Gasteiger partial charge in [-0.15, -0.1) is 10.2 Å². The first-order valence-corrected chi connectivity index (χ1v) is 7.27. The van der Waals surface area contributed by atoms with E-state index in [1.54, 1.807) is 31.6 Å². The van der Waals surface area contributed by atoms with Gasteiger partial charge in [0.2, 0.25) is 0 Å². The lowest BCUT2D eigenvalue weighted by molar-refractivity contribution is 0.245. The van der Waals surface area contributed by atoms with E-state index in [4.69, 9.17) is 15.9 Å². The maximum Gasteiger partial charge on any atom is 0.151 e. The first-order valence-electron chi connectivity index (χ1n) is 7.27. The molecule has 2 heterocycles. The molecular weight excluding hydrogens is 304 g/mol. The summed E-state index contributed by atoms with van der Waals surface area (Å²) in [6.45, 7) is 0.214. The van der Waals surface area contributed by atoms with Crippen molar-refractivity contribution in [1.29, 1.82) is 5.41 Å². The molecule has 3 rings (SSSR count). The number of ether oxygens (including phenoxy) is 1. The number of hydrogen-bond donors (Lipinski definition) is 2. The highest BCUT2D eigenvalue weighted by Gasteiger charge is 2.06. The molecule has 120 valence electrons. The molecule has 3 aromatic rings. The zero-order valence-corrected chi connectivity index (χ0v) is 13.1. The van der Waals surface area contributed by atoms with E-state index < -0.39 is 0 Å². The van der Waals surface area contributed by atoms with E-state index in [0.29, 0.717) is 28.6 Å². The van der Waals surface area contributed by atoms with Crippen LogP contribution in [0.4, 0.5) is 17.2 Å². The lowest BCUT2D eigenvalue weighted by atomic mass is 10.1. The normalized spacial score (nSPS) is 11.2. The van der Waals surface area contributed by atoms with Crippen LogP contribution in [0.5, 0.6) is 0 Å². The number of nitrogens with two attached hydrogens (primary N) is 1. The number of anilines is 1. The minimum absolute atomic E-state index is 0.214. The Bertz CT molecular complexity index is 905. The van der Waals surface area contributed by atoms with Crippen LogP contribution in [0.1, 0.15) is 5.69 Å². The van der Waals surface area contributed by atoms with Crippen molar-refractivity contribution < 1.29 is 4.74 Å². The number of fused-ring (bicyclic) bond motifs is 1. The minimum Gasteiger partial charge on any atom is -0.382 e. The standard InChI is InChI=1S/C17H16N6O/c1-24-10-14(18)15-7-6-12(9-20-15)22-23-16-13-5-3-2-4-11(13)8-21-17(16)19/h2-9,18H,10H2,1H3,(H2,19,21). The average Bonchev–Trinajstić information content (AvgIpc) is 2.61. The van der Waals surface area contributed by atoms with Crippen molar-refractivity contribution >= 4 is 33.7 Å². The summed E-state index contributed by atoms with van der Waals surface area (Å²) in [5, 5.41) is 18.0. The molecule has 3 N–H and O–H groups in total. The van der Waals surface area contributed by atoms with Crippen molar-refractivity contribution in [1.82, 2.24) is 9.97 Å². The molecule has 7 heteroatoms. The quantitative estimate of drug-likeness (QED) is 0.552. The van der Waals surface area contributed by atoms with E-state index in [1.165, 1.54) is 0 Å². The van der Waals surface area contributed by atoms with Crippen LogP contribution in [0.3, 0.4) is 0 Å². The molecule has 0 atom stereocenters. The fourth-order valence-corrected chi connectivity index (χ4v) is 2.22. The van der Waals surface area contributed by atoms with Crippen LogP contribution < -0.4 is 5.73 Å². The van der Waals surface area contributed by atoms with Gasteiger partial charge in [-0.3, -0.25) is 4.98 Å². The number of azo groups is 1. The number of rotatable bonds is 5. The Labute approximate surface area is 138 Å². The second-order valence-electron chi connectivity index (χ2n) is 5.09. The van der Waals surface area contributed by atoms with Crippen LogP contribution in [0, 0.1) is 5.41 Å². The van der Waals surface area contributed by atoms with E-state index >= 15 is 0 Å². The van der Waals surface area contributed by atoms with E-state index in [9.17, 15) is 0 Å². The number of hydrogen-bond acceptors (Lipinski definition) is 7. The largest absolute Gasteiger partial charge is 0.382 e. The van der Waals surface area contributed by atoms with E-state index in [0.717, 1.165) is 10.8 Å². The molecule has 1 aromatic carbocycles. The van der Waals surface area contributed by atoms with Gasteiger partial charge >= 0.3 is 0 Å². The number of benzene rings is 1. The number of pyridine rings is 2. The summed E-state index contributed by atoms with van der Waals surface area (Å²) < 4.78 is 4.92. The van der Waals surface area contributed by atoms with E-state index in [-0.39, 0.29) is 6.61 Å². The second-order valence-corrected chi connectivity index (χ2v) is 5.09. The lowest BCUT2D eigenvalue weighted by Gasteiger charge is -2.04. The monoisotopic (exact) mass is 320 g/mol. The fourth-order valence-electron chi connectivity index (χ4n) is 2.22. The summed E-state index contributed by atoms with van der Waals surface area (Å²) in [6, 6.07) is 11.2. The molecule has 0 unspecified atom stereocenters. The predicted octanol–water partition coefficient (Wildman–Crippen LogP) is 3.64. The van der Waals surface area contributed by atoms with Crippen LogP contribution in [0.2, 0.25) is 0 Å². The Hall–Kier alpha value is -3.19. The van der Waals surface area contributed by atoms with Gasteiger partial charge in [0.05, 0.1) is 24.2 Å². The highest BCUT2D eigenvalue weighted by Crippen LogP contribution is 2.31. The van der Waals surface area contributed by atoms with Gasteiger partial charge in [-0.25, -0.2) is 4.98 Å². The summed E-state index contributed by atoms with van der Waals surface area (Å²) in [5.74, 6) is 0.323. The van der Waals surface area contributed by atoms with Gasteiger partial charge in [-0.05, 0) is 12.1 Å². The zero-order chi connectivity index (χ0) is 16.9. The summed E-state index contributed by atoms with van der Waals surface area (Å²) in [7, 11) is 1.54. The third kappa shape index (κ3) is 3.26. The Morgan fingerprint density at radius 1 is 1.12 bits per heavy atom. The lowest BCUT2D eigenvalue weighted by Crippen LogP contribution is -2.08. The van der Waals surface area contributed by atoms with Crippen LogP contribution in [0.25, 0.3) is 10.8 Å². The molecule has 24 heavy (non-hydrogen) atoms. The number of aromatic nitrogens is 2. The second kappa shape index (κ2) is 6.93. The molecule has 0 amide bonds. The molecule has 0 fully saturated rings. The molecule has 0 spiro atoms. The topological polar surface area (TPSA) is 110 Å². The van der Waals surface area contributed by atoms with Gasteiger partial charge in [0.15, 0.2) is 5.82 Å². The van der Waals surface area contributed by atoms with Gasteiger partial charge < -0.3 is 15.9 Å². The van der Waals surface area contributed by atoms with Gasteiger partial charge in [-0.2, -0.15) is 0 Å². The minimum atomic E-state index is 0.214.